The number of rotatable bonds is 7. The van der Waals surface area contributed by atoms with Crippen LogP contribution >= 0.6 is 23.4 Å². The van der Waals surface area contributed by atoms with Crippen molar-refractivity contribution in [1.82, 2.24) is 14.8 Å². The largest absolute Gasteiger partial charge is 0.325 e. The van der Waals surface area contributed by atoms with E-state index in [1.807, 2.05) is 60.9 Å². The number of nitrogens with one attached hydrogen (secondary N) is 1. The van der Waals surface area contributed by atoms with E-state index in [4.69, 9.17) is 11.6 Å². The highest BCUT2D eigenvalue weighted by Crippen LogP contribution is 2.26. The summed E-state index contributed by atoms with van der Waals surface area (Å²) in [7, 11) is 0. The smallest absolute Gasteiger partial charge is 0.234 e. The first-order valence-electron chi connectivity index (χ1n) is 8.78. The Morgan fingerprint density at radius 3 is 2.75 bits per heavy atom. The Bertz CT molecular complexity index is 1020. The average molecular weight is 413 g/mol. The van der Waals surface area contributed by atoms with Gasteiger partial charge in [0.05, 0.1) is 5.75 Å². The molecule has 0 aliphatic heterocycles. The van der Waals surface area contributed by atoms with Crippen molar-refractivity contribution in [2.24, 2.45) is 0 Å². The van der Waals surface area contributed by atoms with E-state index < -0.39 is 0 Å². The van der Waals surface area contributed by atoms with E-state index in [1.165, 1.54) is 17.3 Å². The minimum atomic E-state index is -0.0919. The second-order valence-electron chi connectivity index (χ2n) is 6.35. The Balaban J connectivity index is 1.72. The van der Waals surface area contributed by atoms with Gasteiger partial charge in [-0.1, -0.05) is 47.6 Å². The first kappa shape index (κ1) is 20.2. The summed E-state index contributed by atoms with van der Waals surface area (Å²) < 4.78 is 1.92. The zero-order valence-corrected chi connectivity index (χ0v) is 17.3. The SMILES string of the molecule is C=CCn1c(SCC(=O)Nc2ccc(C)c(C)c2)nnc1-c1cccc(Cl)c1. The highest BCUT2D eigenvalue weighted by atomic mass is 35.5. The first-order valence-corrected chi connectivity index (χ1v) is 10.1. The van der Waals surface area contributed by atoms with Gasteiger partial charge >= 0.3 is 0 Å². The van der Waals surface area contributed by atoms with Gasteiger partial charge in [0.25, 0.3) is 0 Å². The molecular formula is C21H21ClN4OS. The molecule has 1 N–H and O–H groups in total. The number of allylic oxidation sites excluding steroid dienone is 1. The molecule has 0 saturated heterocycles. The van der Waals surface area contributed by atoms with Crippen LogP contribution in [-0.4, -0.2) is 26.4 Å². The molecule has 28 heavy (non-hydrogen) atoms. The monoisotopic (exact) mass is 412 g/mol. The molecule has 0 atom stereocenters. The van der Waals surface area contributed by atoms with Gasteiger partial charge in [0.1, 0.15) is 0 Å². The molecule has 1 amide bonds. The van der Waals surface area contributed by atoms with E-state index in [-0.39, 0.29) is 11.7 Å². The van der Waals surface area contributed by atoms with E-state index in [9.17, 15) is 4.79 Å². The van der Waals surface area contributed by atoms with Gasteiger partial charge in [0, 0.05) is 22.8 Å². The lowest BCUT2D eigenvalue weighted by Crippen LogP contribution is -2.14. The van der Waals surface area contributed by atoms with E-state index in [2.05, 4.69) is 22.1 Å². The number of aryl methyl sites for hydroxylation is 2. The van der Waals surface area contributed by atoms with E-state index in [0.29, 0.717) is 22.5 Å². The normalized spacial score (nSPS) is 10.7. The lowest BCUT2D eigenvalue weighted by Gasteiger charge is -2.09. The molecule has 3 rings (SSSR count). The lowest BCUT2D eigenvalue weighted by atomic mass is 10.1. The Morgan fingerprint density at radius 2 is 2.04 bits per heavy atom. The van der Waals surface area contributed by atoms with Crippen LogP contribution in [0.4, 0.5) is 5.69 Å². The second kappa shape index (κ2) is 9.08. The van der Waals surface area contributed by atoms with Crippen molar-refractivity contribution in [2.75, 3.05) is 11.1 Å². The number of thioether (sulfide) groups is 1. The summed E-state index contributed by atoms with van der Waals surface area (Å²) in [5.74, 6) is 0.836. The van der Waals surface area contributed by atoms with E-state index >= 15 is 0 Å². The molecule has 1 aromatic heterocycles. The lowest BCUT2D eigenvalue weighted by molar-refractivity contribution is -0.113. The van der Waals surface area contributed by atoms with Crippen molar-refractivity contribution in [3.8, 4) is 11.4 Å². The maximum atomic E-state index is 12.3. The molecule has 7 heteroatoms. The van der Waals surface area contributed by atoms with Gasteiger partial charge in [0.2, 0.25) is 5.91 Å². The molecule has 0 aliphatic carbocycles. The van der Waals surface area contributed by atoms with Crippen LogP contribution in [0.15, 0.2) is 60.3 Å². The van der Waals surface area contributed by atoms with Crippen LogP contribution in [0.2, 0.25) is 5.02 Å². The number of carbonyl (C=O) groups excluding carboxylic acids is 1. The van der Waals surface area contributed by atoms with E-state index in [0.717, 1.165) is 16.8 Å². The number of hydrogen-bond acceptors (Lipinski definition) is 4. The standard InChI is InChI=1S/C21H21ClN4OS/c1-4-10-26-20(16-6-5-7-17(22)12-16)24-25-21(26)28-13-19(27)23-18-9-8-14(2)15(3)11-18/h4-9,11-12H,1,10,13H2,2-3H3,(H,23,27). The molecule has 0 radical (unpaired) electrons. The molecule has 0 unspecified atom stereocenters. The maximum Gasteiger partial charge on any atom is 0.234 e. The number of benzene rings is 2. The summed E-state index contributed by atoms with van der Waals surface area (Å²) in [4.78, 5) is 12.3. The molecule has 144 valence electrons. The van der Waals surface area contributed by atoms with Crippen LogP contribution < -0.4 is 5.32 Å². The summed E-state index contributed by atoms with van der Waals surface area (Å²) in [6.45, 7) is 8.41. The van der Waals surface area contributed by atoms with Crippen molar-refractivity contribution >= 4 is 35.0 Å². The molecular weight excluding hydrogens is 392 g/mol. The molecule has 0 spiro atoms. The Hall–Kier alpha value is -2.57. The van der Waals surface area contributed by atoms with Crippen molar-refractivity contribution < 1.29 is 4.79 Å². The fourth-order valence-electron chi connectivity index (χ4n) is 2.68. The number of carbonyl (C=O) groups is 1. The van der Waals surface area contributed by atoms with Crippen molar-refractivity contribution in [1.29, 1.82) is 0 Å². The number of aromatic nitrogens is 3. The zero-order valence-electron chi connectivity index (χ0n) is 15.8. The molecule has 0 saturated carbocycles. The molecule has 2 aromatic carbocycles. The first-order chi connectivity index (χ1) is 13.5. The summed E-state index contributed by atoms with van der Waals surface area (Å²) in [5.41, 5.74) is 4.00. The average Bonchev–Trinajstić information content (AvgIpc) is 3.06. The third-order valence-electron chi connectivity index (χ3n) is 4.23. The molecule has 1 heterocycles. The van der Waals surface area contributed by atoms with Crippen LogP contribution in [0.3, 0.4) is 0 Å². The molecule has 0 aliphatic rings. The predicted molar refractivity (Wildman–Crippen MR) is 116 cm³/mol. The van der Waals surface area contributed by atoms with Crippen LogP contribution in [0.25, 0.3) is 11.4 Å². The fourth-order valence-corrected chi connectivity index (χ4v) is 3.61. The minimum Gasteiger partial charge on any atom is -0.325 e. The summed E-state index contributed by atoms with van der Waals surface area (Å²) in [6.07, 6.45) is 1.77. The van der Waals surface area contributed by atoms with E-state index in [1.54, 1.807) is 6.08 Å². The number of halogens is 1. The highest BCUT2D eigenvalue weighted by Gasteiger charge is 2.15. The van der Waals surface area contributed by atoms with Crippen molar-refractivity contribution in [3.63, 3.8) is 0 Å². The third-order valence-corrected chi connectivity index (χ3v) is 5.44. The second-order valence-corrected chi connectivity index (χ2v) is 7.73. The van der Waals surface area contributed by atoms with Gasteiger partial charge in [-0.05, 0) is 49.2 Å². The predicted octanol–water partition coefficient (Wildman–Crippen LogP) is 5.13. The van der Waals surface area contributed by atoms with Crippen molar-refractivity contribution in [2.45, 2.75) is 25.5 Å². The number of hydrogen-bond donors (Lipinski definition) is 1. The fraction of sp³-hybridized carbons (Fsp3) is 0.190. The zero-order chi connectivity index (χ0) is 20.1. The Labute approximate surface area is 173 Å². The molecule has 0 fully saturated rings. The number of nitrogens with zero attached hydrogens (tertiary/aromatic N) is 3. The quantitative estimate of drug-likeness (QED) is 0.431. The van der Waals surface area contributed by atoms with Gasteiger partial charge in [0.15, 0.2) is 11.0 Å². The van der Waals surface area contributed by atoms with Gasteiger partial charge in [-0.3, -0.25) is 9.36 Å². The van der Waals surface area contributed by atoms with Gasteiger partial charge in [-0.15, -0.1) is 16.8 Å². The highest BCUT2D eigenvalue weighted by molar-refractivity contribution is 7.99. The minimum absolute atomic E-state index is 0.0919. The van der Waals surface area contributed by atoms with Crippen LogP contribution in [0.1, 0.15) is 11.1 Å². The molecule has 0 bridgehead atoms. The summed E-state index contributed by atoms with van der Waals surface area (Å²) in [5, 5.41) is 12.7. The van der Waals surface area contributed by atoms with Gasteiger partial charge in [-0.2, -0.15) is 0 Å². The third kappa shape index (κ3) is 4.82. The number of anilines is 1. The Morgan fingerprint density at radius 1 is 1.21 bits per heavy atom. The van der Waals surface area contributed by atoms with Crippen LogP contribution in [-0.2, 0) is 11.3 Å². The summed E-state index contributed by atoms with van der Waals surface area (Å²) >= 11 is 7.43. The van der Waals surface area contributed by atoms with Crippen molar-refractivity contribution in [3.05, 3.63) is 71.3 Å². The molecule has 5 nitrogen and oxygen atoms in total. The number of amides is 1. The van der Waals surface area contributed by atoms with Gasteiger partial charge in [-0.25, -0.2) is 0 Å². The Kier molecular flexibility index (Phi) is 6.54. The topological polar surface area (TPSA) is 59.8 Å². The van der Waals surface area contributed by atoms with Gasteiger partial charge < -0.3 is 5.32 Å². The van der Waals surface area contributed by atoms with Crippen LogP contribution in [0.5, 0.6) is 0 Å². The summed E-state index contributed by atoms with van der Waals surface area (Å²) in [6, 6.07) is 13.3. The molecule has 3 aromatic rings. The maximum absolute atomic E-state index is 12.3. The van der Waals surface area contributed by atoms with Crippen LogP contribution in [0, 0.1) is 13.8 Å².